The second kappa shape index (κ2) is 4.11. The molecule has 0 saturated heterocycles. The third-order valence-electron chi connectivity index (χ3n) is 2.97. The fourth-order valence-corrected chi connectivity index (χ4v) is 1.72. The molecule has 2 rings (SSSR count). The average Bonchev–Trinajstić information content (AvgIpc) is 2.25. The van der Waals surface area contributed by atoms with E-state index in [0.29, 0.717) is 12.5 Å². The van der Waals surface area contributed by atoms with Gasteiger partial charge in [0.05, 0.1) is 18.8 Å². The average molecular weight is 192 g/mol. The van der Waals surface area contributed by atoms with E-state index in [0.717, 1.165) is 6.42 Å². The molecule has 14 heavy (non-hydrogen) atoms. The Labute approximate surface area is 84.5 Å². The summed E-state index contributed by atoms with van der Waals surface area (Å²) in [6.45, 7) is 2.69. The molecule has 76 valence electrons. The zero-order valence-corrected chi connectivity index (χ0v) is 8.39. The Balaban J connectivity index is 1.79. The molecule has 0 spiro atoms. The molecule has 1 fully saturated rings. The van der Waals surface area contributed by atoms with Gasteiger partial charge in [-0.2, -0.15) is 0 Å². The first-order chi connectivity index (χ1) is 6.77. The highest BCUT2D eigenvalue weighted by Crippen LogP contribution is 2.30. The van der Waals surface area contributed by atoms with Crippen molar-refractivity contribution in [3.63, 3.8) is 0 Å². The van der Waals surface area contributed by atoms with Crippen molar-refractivity contribution < 1.29 is 9.84 Å². The fourth-order valence-electron chi connectivity index (χ4n) is 1.72. The molecule has 0 aromatic heterocycles. The standard InChI is InChI=1S/C12H16O2/c1-9-11(13)7-12(9)14-8-10-5-3-2-4-6-10/h2-6,9,11-13H,7-8H2,1H3/t9?,11-,12?/m1/s1. The Bertz CT molecular complexity index is 284. The SMILES string of the molecule is CC1C(OCc2ccccc2)C[C@H]1O. The van der Waals surface area contributed by atoms with Gasteiger partial charge in [0, 0.05) is 12.3 Å². The number of ether oxygens (including phenoxy) is 1. The first-order valence-electron chi connectivity index (χ1n) is 5.11. The van der Waals surface area contributed by atoms with Crippen LogP contribution in [0.2, 0.25) is 0 Å². The minimum Gasteiger partial charge on any atom is -0.393 e. The zero-order chi connectivity index (χ0) is 9.97. The Morgan fingerprint density at radius 1 is 1.36 bits per heavy atom. The molecular formula is C12H16O2. The van der Waals surface area contributed by atoms with Crippen molar-refractivity contribution in [2.24, 2.45) is 5.92 Å². The maximum Gasteiger partial charge on any atom is 0.0720 e. The van der Waals surface area contributed by atoms with Crippen LogP contribution >= 0.6 is 0 Å². The molecule has 2 unspecified atom stereocenters. The highest BCUT2D eigenvalue weighted by Gasteiger charge is 2.36. The first kappa shape index (κ1) is 9.69. The molecule has 0 heterocycles. The van der Waals surface area contributed by atoms with Gasteiger partial charge in [0.1, 0.15) is 0 Å². The van der Waals surface area contributed by atoms with Crippen LogP contribution in [0.15, 0.2) is 30.3 Å². The van der Waals surface area contributed by atoms with Gasteiger partial charge >= 0.3 is 0 Å². The van der Waals surface area contributed by atoms with Crippen LogP contribution < -0.4 is 0 Å². The van der Waals surface area contributed by atoms with E-state index in [9.17, 15) is 5.11 Å². The van der Waals surface area contributed by atoms with E-state index in [2.05, 4.69) is 12.1 Å². The maximum atomic E-state index is 9.30. The van der Waals surface area contributed by atoms with Gasteiger partial charge in [-0.25, -0.2) is 0 Å². The molecule has 3 atom stereocenters. The van der Waals surface area contributed by atoms with E-state index < -0.39 is 0 Å². The Kier molecular flexibility index (Phi) is 2.85. The summed E-state index contributed by atoms with van der Waals surface area (Å²) < 4.78 is 5.69. The van der Waals surface area contributed by atoms with Crippen LogP contribution in [-0.4, -0.2) is 17.3 Å². The number of hydrogen-bond acceptors (Lipinski definition) is 2. The smallest absolute Gasteiger partial charge is 0.0720 e. The third kappa shape index (κ3) is 1.97. The summed E-state index contributed by atoms with van der Waals surface area (Å²) in [5, 5.41) is 9.30. The summed E-state index contributed by atoms with van der Waals surface area (Å²) in [5.74, 6) is 0.290. The monoisotopic (exact) mass is 192 g/mol. The van der Waals surface area contributed by atoms with Gasteiger partial charge in [-0.3, -0.25) is 0 Å². The molecule has 0 radical (unpaired) electrons. The van der Waals surface area contributed by atoms with E-state index in [1.807, 2.05) is 25.1 Å². The normalized spacial score (nSPS) is 31.1. The van der Waals surface area contributed by atoms with Gasteiger partial charge in [-0.05, 0) is 5.56 Å². The van der Waals surface area contributed by atoms with E-state index in [1.54, 1.807) is 0 Å². The Morgan fingerprint density at radius 2 is 2.07 bits per heavy atom. The molecule has 0 bridgehead atoms. The van der Waals surface area contributed by atoms with E-state index in [-0.39, 0.29) is 12.2 Å². The summed E-state index contributed by atoms with van der Waals surface area (Å²) in [5.41, 5.74) is 1.20. The van der Waals surface area contributed by atoms with Gasteiger partial charge < -0.3 is 9.84 Å². The van der Waals surface area contributed by atoms with Gasteiger partial charge in [-0.1, -0.05) is 37.3 Å². The van der Waals surface area contributed by atoms with Crippen molar-refractivity contribution in [1.29, 1.82) is 0 Å². The van der Waals surface area contributed by atoms with Gasteiger partial charge in [0.15, 0.2) is 0 Å². The predicted molar refractivity (Wildman–Crippen MR) is 54.8 cm³/mol. The van der Waals surface area contributed by atoms with Crippen LogP contribution in [0, 0.1) is 5.92 Å². The summed E-state index contributed by atoms with van der Waals surface area (Å²) in [6.07, 6.45) is 0.870. The molecular weight excluding hydrogens is 176 g/mol. The summed E-state index contributed by atoms with van der Waals surface area (Å²) >= 11 is 0. The van der Waals surface area contributed by atoms with Crippen LogP contribution in [0.5, 0.6) is 0 Å². The minimum atomic E-state index is -0.157. The van der Waals surface area contributed by atoms with Gasteiger partial charge in [-0.15, -0.1) is 0 Å². The first-order valence-corrected chi connectivity index (χ1v) is 5.11. The lowest BCUT2D eigenvalue weighted by Crippen LogP contribution is -2.45. The van der Waals surface area contributed by atoms with Crippen molar-refractivity contribution in [3.8, 4) is 0 Å². The van der Waals surface area contributed by atoms with Gasteiger partial charge in [0.25, 0.3) is 0 Å². The quantitative estimate of drug-likeness (QED) is 0.793. The molecule has 0 aliphatic heterocycles. The number of rotatable bonds is 3. The van der Waals surface area contributed by atoms with Crippen molar-refractivity contribution in [2.75, 3.05) is 0 Å². The summed E-state index contributed by atoms with van der Waals surface area (Å²) in [7, 11) is 0. The second-order valence-electron chi connectivity index (χ2n) is 4.00. The molecule has 2 nitrogen and oxygen atoms in total. The predicted octanol–water partition coefficient (Wildman–Crippen LogP) is 1.97. The zero-order valence-electron chi connectivity index (χ0n) is 8.39. The topological polar surface area (TPSA) is 29.5 Å². The number of aliphatic hydroxyl groups excluding tert-OH is 1. The third-order valence-corrected chi connectivity index (χ3v) is 2.97. The largest absolute Gasteiger partial charge is 0.393 e. The Hall–Kier alpha value is -0.860. The molecule has 1 aliphatic rings. The van der Waals surface area contributed by atoms with Crippen molar-refractivity contribution in [2.45, 2.75) is 32.2 Å². The van der Waals surface area contributed by atoms with E-state index in [4.69, 9.17) is 4.74 Å². The highest BCUT2D eigenvalue weighted by molar-refractivity contribution is 5.13. The van der Waals surface area contributed by atoms with Crippen LogP contribution in [0.25, 0.3) is 0 Å². The van der Waals surface area contributed by atoms with Crippen molar-refractivity contribution in [3.05, 3.63) is 35.9 Å². The number of aliphatic hydroxyl groups is 1. The highest BCUT2D eigenvalue weighted by atomic mass is 16.5. The second-order valence-corrected chi connectivity index (χ2v) is 4.00. The fraction of sp³-hybridized carbons (Fsp3) is 0.500. The summed E-state index contributed by atoms with van der Waals surface area (Å²) in [4.78, 5) is 0. The van der Waals surface area contributed by atoms with Crippen LogP contribution in [0.1, 0.15) is 18.9 Å². The summed E-state index contributed by atoms with van der Waals surface area (Å²) in [6, 6.07) is 10.1. The minimum absolute atomic E-state index is 0.157. The lowest BCUT2D eigenvalue weighted by atomic mass is 9.80. The molecule has 0 amide bonds. The lowest BCUT2D eigenvalue weighted by molar-refractivity contribution is -0.125. The lowest BCUT2D eigenvalue weighted by Gasteiger charge is -2.38. The van der Waals surface area contributed by atoms with Crippen LogP contribution in [-0.2, 0) is 11.3 Å². The number of benzene rings is 1. The molecule has 1 aromatic rings. The van der Waals surface area contributed by atoms with Crippen molar-refractivity contribution in [1.82, 2.24) is 0 Å². The van der Waals surface area contributed by atoms with E-state index >= 15 is 0 Å². The maximum absolute atomic E-state index is 9.30. The molecule has 1 aliphatic carbocycles. The van der Waals surface area contributed by atoms with E-state index in [1.165, 1.54) is 5.56 Å². The molecule has 1 aromatic carbocycles. The molecule has 2 heteroatoms. The molecule has 1 saturated carbocycles. The van der Waals surface area contributed by atoms with Crippen LogP contribution in [0.3, 0.4) is 0 Å². The number of hydrogen-bond donors (Lipinski definition) is 1. The Morgan fingerprint density at radius 3 is 2.64 bits per heavy atom. The van der Waals surface area contributed by atoms with Gasteiger partial charge in [0.2, 0.25) is 0 Å². The van der Waals surface area contributed by atoms with Crippen LogP contribution in [0.4, 0.5) is 0 Å². The van der Waals surface area contributed by atoms with Crippen molar-refractivity contribution >= 4 is 0 Å². The molecule has 1 N–H and O–H groups in total.